The van der Waals surface area contributed by atoms with E-state index < -0.39 is 77.1 Å². The molecule has 2 aromatic heterocycles. The molecule has 0 saturated carbocycles. The summed E-state index contributed by atoms with van der Waals surface area (Å²) in [4.78, 5) is 88.7. The van der Waals surface area contributed by atoms with Crippen molar-refractivity contribution >= 4 is 46.5 Å². The second-order valence-electron chi connectivity index (χ2n) is 19.2. The molecule has 4 N–H and O–H groups in total. The van der Waals surface area contributed by atoms with Gasteiger partial charge >= 0.3 is 11.9 Å². The van der Waals surface area contributed by atoms with Crippen LogP contribution in [0.4, 0.5) is 0 Å². The lowest BCUT2D eigenvalue weighted by Crippen LogP contribution is -2.62. The first kappa shape index (κ1) is 49.5. The van der Waals surface area contributed by atoms with Gasteiger partial charge in [-0.1, -0.05) is 39.8 Å². The smallest absolute Gasteiger partial charge is 0.325 e. The summed E-state index contributed by atoms with van der Waals surface area (Å²) in [5.74, 6) is -3.74. The third-order valence-corrected chi connectivity index (χ3v) is 13.1. The van der Waals surface area contributed by atoms with Crippen molar-refractivity contribution in [2.24, 2.45) is 11.3 Å². The van der Waals surface area contributed by atoms with Crippen LogP contribution in [0.25, 0.3) is 33.3 Å². The van der Waals surface area contributed by atoms with Crippen LogP contribution >= 0.6 is 0 Å². The van der Waals surface area contributed by atoms with Gasteiger partial charge in [-0.05, 0) is 90.3 Å². The minimum absolute atomic E-state index is 0.0421. The fourth-order valence-corrected chi connectivity index (χ4v) is 9.58. The quantitative estimate of drug-likeness (QED) is 0.118. The summed E-state index contributed by atoms with van der Waals surface area (Å²) in [6.45, 7) is 10.7. The zero-order valence-corrected chi connectivity index (χ0v) is 40.4. The molecule has 5 atom stereocenters. The van der Waals surface area contributed by atoms with Gasteiger partial charge in [-0.15, -0.1) is 0 Å². The number of hydrogen-bond acceptors (Lipinski definition) is 13. The highest BCUT2D eigenvalue weighted by Gasteiger charge is 2.50. The molecule has 3 aliphatic rings. The summed E-state index contributed by atoms with van der Waals surface area (Å²) in [6.07, 6.45) is 4.97. The van der Waals surface area contributed by atoms with Crippen molar-refractivity contribution < 1.29 is 48.1 Å². The van der Waals surface area contributed by atoms with E-state index in [-0.39, 0.29) is 31.9 Å². The zero-order chi connectivity index (χ0) is 49.2. The van der Waals surface area contributed by atoms with E-state index in [0.29, 0.717) is 43.5 Å². The van der Waals surface area contributed by atoms with Crippen molar-refractivity contribution in [2.45, 2.75) is 104 Å². The van der Waals surface area contributed by atoms with Crippen molar-refractivity contribution in [3.05, 3.63) is 71.5 Å². The van der Waals surface area contributed by atoms with Gasteiger partial charge in [-0.2, -0.15) is 0 Å². The van der Waals surface area contributed by atoms with Gasteiger partial charge in [0.05, 0.1) is 32.6 Å². The largest absolute Gasteiger partial charge is 0.508 e. The SMILES string of the molecule is CCn1c(-c2cnccc2COC)c2c3cc(ccc31)-c1cc(O)cc(c1)C[C@H](NC(=O)[C@H](C(C)C)N(C)C(=O)CN(C)C(=O)[C@H]1N[C@H]1C(=O)OC)C(=O)N1CCC[C@H](N1)C(=O)OCC(C)(C)C2. The summed E-state index contributed by atoms with van der Waals surface area (Å²) in [5, 5.41) is 19.3. The van der Waals surface area contributed by atoms with E-state index in [2.05, 4.69) is 58.5 Å². The molecule has 4 amide bonds. The fraction of sp³-hybridized carbons (Fsp3) is 0.500. The third-order valence-electron chi connectivity index (χ3n) is 13.1. The Kier molecular flexibility index (Phi) is 14.9. The second-order valence-corrected chi connectivity index (χ2v) is 19.2. The number of aromatic nitrogens is 2. The molecule has 2 fully saturated rings. The molecule has 6 bridgehead atoms. The molecule has 0 spiro atoms. The average molecular weight is 937 g/mol. The van der Waals surface area contributed by atoms with Crippen LogP contribution in [0.1, 0.15) is 64.2 Å². The van der Waals surface area contributed by atoms with Gasteiger partial charge in [0.25, 0.3) is 5.91 Å². The number of nitrogens with one attached hydrogen (secondary N) is 3. The Morgan fingerprint density at radius 3 is 2.51 bits per heavy atom. The average Bonchev–Trinajstić information content (AvgIpc) is 4.06. The van der Waals surface area contributed by atoms with Crippen LogP contribution in [-0.4, -0.2) is 143 Å². The number of hydrazine groups is 1. The van der Waals surface area contributed by atoms with Crippen molar-refractivity contribution in [1.29, 1.82) is 0 Å². The van der Waals surface area contributed by atoms with Crippen LogP contribution in [0.3, 0.4) is 0 Å². The highest BCUT2D eigenvalue weighted by Crippen LogP contribution is 2.41. The second kappa shape index (κ2) is 20.5. The maximum atomic E-state index is 14.7. The molecule has 0 radical (unpaired) electrons. The number of amides is 4. The van der Waals surface area contributed by atoms with E-state index in [1.807, 2.05) is 24.4 Å². The summed E-state index contributed by atoms with van der Waals surface area (Å²) in [6, 6.07) is 8.46. The fourth-order valence-electron chi connectivity index (χ4n) is 9.58. The molecule has 364 valence electrons. The van der Waals surface area contributed by atoms with Crippen LogP contribution < -0.4 is 16.1 Å². The lowest BCUT2D eigenvalue weighted by Gasteiger charge is -2.37. The van der Waals surface area contributed by atoms with Crippen molar-refractivity contribution in [3.63, 3.8) is 0 Å². The van der Waals surface area contributed by atoms with Crippen LogP contribution in [-0.2, 0) is 69.0 Å². The topological polar surface area (TPSA) is 224 Å². The molecule has 3 aliphatic heterocycles. The minimum Gasteiger partial charge on any atom is -0.508 e. The van der Waals surface area contributed by atoms with E-state index in [4.69, 9.17) is 14.2 Å². The van der Waals surface area contributed by atoms with Crippen LogP contribution in [0.2, 0.25) is 0 Å². The number of likely N-dealkylation sites (N-methyl/N-ethyl adjacent to an activating group) is 2. The molecule has 4 aromatic rings. The number of nitrogens with zero attached hydrogens (tertiary/aromatic N) is 5. The van der Waals surface area contributed by atoms with Crippen LogP contribution in [0.15, 0.2) is 54.9 Å². The van der Waals surface area contributed by atoms with Gasteiger partial charge in [0.1, 0.15) is 36.0 Å². The molecule has 68 heavy (non-hydrogen) atoms. The van der Waals surface area contributed by atoms with Gasteiger partial charge in [0.2, 0.25) is 17.7 Å². The first-order valence-electron chi connectivity index (χ1n) is 23.2. The molecule has 2 saturated heterocycles. The maximum absolute atomic E-state index is 14.7. The lowest BCUT2D eigenvalue weighted by atomic mass is 9.84. The predicted molar refractivity (Wildman–Crippen MR) is 252 cm³/mol. The number of phenols is 1. The number of ether oxygens (including phenoxy) is 3. The number of phenolic OH excluding ortho intramolecular Hbond substituents is 1. The molecular weight excluding hydrogens is 873 g/mol. The monoisotopic (exact) mass is 936 g/mol. The predicted octanol–water partition coefficient (Wildman–Crippen LogP) is 3.35. The molecule has 7 rings (SSSR count). The van der Waals surface area contributed by atoms with E-state index >= 15 is 0 Å². The number of cyclic esters (lactones) is 1. The number of esters is 2. The van der Waals surface area contributed by atoms with E-state index in [1.54, 1.807) is 39.3 Å². The van der Waals surface area contributed by atoms with Crippen LogP contribution in [0.5, 0.6) is 5.75 Å². The van der Waals surface area contributed by atoms with Gasteiger partial charge in [-0.3, -0.25) is 44.1 Å². The molecule has 18 heteroatoms. The highest BCUT2D eigenvalue weighted by molar-refractivity contribution is 5.98. The molecule has 5 heterocycles. The Hall–Kier alpha value is -6.37. The first-order valence-corrected chi connectivity index (χ1v) is 23.2. The third kappa shape index (κ3) is 10.5. The number of methoxy groups -OCH3 is 2. The van der Waals surface area contributed by atoms with Crippen molar-refractivity contribution in [1.82, 2.24) is 40.4 Å². The van der Waals surface area contributed by atoms with E-state index in [1.165, 1.54) is 36.0 Å². The summed E-state index contributed by atoms with van der Waals surface area (Å²) >= 11 is 0. The number of fused-ring (bicyclic) bond motifs is 6. The molecule has 0 aliphatic carbocycles. The van der Waals surface area contributed by atoms with E-state index in [9.17, 15) is 33.9 Å². The number of aryl methyl sites for hydroxylation is 1. The standard InChI is InChI=1S/C50H64N8O10/c1-10-57-39-14-13-30-22-34(39)35(44(57)36-24-51-16-15-31(36)26-66-8)23-50(4,5)27-68-48(64)37-12-11-17-58(54-37)46(62)38(20-29-18-32(30)21-33(59)19-29)52-45(61)43(28(2)3)56(7)40(60)25-55(6)47(63)41-42(53-41)49(65)67-9/h13-16,18-19,21-22,24,28,37-38,41-43,53-54,59H,10-12,17,20,23,25-27H2,1-9H3,(H,52,61)/t37-,38-,41-,42+,43-/m0/s1. The summed E-state index contributed by atoms with van der Waals surface area (Å²) in [5.41, 5.74) is 9.49. The minimum atomic E-state index is -1.22. The maximum Gasteiger partial charge on any atom is 0.325 e. The molecule has 0 unspecified atom stereocenters. The number of hydrogen-bond donors (Lipinski definition) is 4. The van der Waals surface area contributed by atoms with Crippen molar-refractivity contribution in [3.8, 4) is 28.1 Å². The van der Waals surface area contributed by atoms with Crippen molar-refractivity contribution in [2.75, 3.05) is 48.0 Å². The van der Waals surface area contributed by atoms with Crippen LogP contribution in [0, 0.1) is 11.3 Å². The van der Waals surface area contributed by atoms with Gasteiger partial charge in [0.15, 0.2) is 0 Å². The lowest BCUT2D eigenvalue weighted by molar-refractivity contribution is -0.155. The number of carbonyl (C=O) groups excluding carboxylic acids is 6. The Bertz CT molecular complexity index is 2590. The molecule has 2 aromatic carbocycles. The zero-order valence-electron chi connectivity index (χ0n) is 40.4. The van der Waals surface area contributed by atoms with Gasteiger partial charge in [0, 0.05) is 75.0 Å². The number of pyridine rings is 1. The molecular formula is C50H64N8O10. The normalized spacial score (nSPS) is 20.8. The van der Waals surface area contributed by atoms with E-state index in [0.717, 1.165) is 38.9 Å². The van der Waals surface area contributed by atoms with Gasteiger partial charge in [-0.25, -0.2) is 5.43 Å². The first-order chi connectivity index (χ1) is 32.4. The highest BCUT2D eigenvalue weighted by atomic mass is 16.5. The Morgan fingerprint density at radius 2 is 1.81 bits per heavy atom. The number of benzene rings is 2. The number of rotatable bonds is 12. The Morgan fingerprint density at radius 1 is 1.04 bits per heavy atom. The Balaban J connectivity index is 1.26. The number of carbonyl (C=O) groups is 6. The summed E-state index contributed by atoms with van der Waals surface area (Å²) < 4.78 is 18.7. The Labute approximate surface area is 396 Å². The summed E-state index contributed by atoms with van der Waals surface area (Å²) in [7, 11) is 5.78. The van der Waals surface area contributed by atoms with Gasteiger partial charge < -0.3 is 39.0 Å². The molecule has 18 nitrogen and oxygen atoms in total. The number of aromatic hydroxyl groups is 1.